The molecule has 0 aromatic rings. The van der Waals surface area contributed by atoms with Crippen molar-refractivity contribution in [1.82, 2.24) is 0 Å². The van der Waals surface area contributed by atoms with Crippen LogP contribution in [0.1, 0.15) is 20.8 Å². The normalized spacial score (nSPS) is 9.00. The first-order chi connectivity index (χ1) is 4.52. The highest BCUT2D eigenvalue weighted by molar-refractivity contribution is 5.48. The maximum absolute atomic E-state index is 9.81. The van der Waals surface area contributed by atoms with Gasteiger partial charge in [-0.3, -0.25) is 0 Å². The highest BCUT2D eigenvalue weighted by Gasteiger charge is 2.15. The molecule has 0 saturated carbocycles. The minimum absolute atomic E-state index is 0.299. The van der Waals surface area contributed by atoms with Crippen LogP contribution in [0.2, 0.25) is 0 Å². The van der Waals surface area contributed by atoms with E-state index in [1.165, 1.54) is 5.94 Å². The zero-order valence-corrected chi connectivity index (χ0v) is 6.36. The third-order valence-electron chi connectivity index (χ3n) is 1.04. The lowest BCUT2D eigenvalue weighted by Crippen LogP contribution is -2.06. The molecule has 0 aromatic heterocycles. The first kappa shape index (κ1) is 8.72. The van der Waals surface area contributed by atoms with Crippen LogP contribution >= 0.6 is 0 Å². The summed E-state index contributed by atoms with van der Waals surface area (Å²) in [6, 6.07) is 1.89. The van der Waals surface area contributed by atoms with Gasteiger partial charge in [0.1, 0.15) is 6.07 Å². The van der Waals surface area contributed by atoms with E-state index in [2.05, 4.69) is 5.73 Å². The van der Waals surface area contributed by atoms with Gasteiger partial charge in [-0.25, -0.2) is 4.79 Å². The SMILES string of the molecule is CC(C)(C)C(=C=C=O)C#N. The number of nitriles is 1. The third-order valence-corrected chi connectivity index (χ3v) is 1.04. The van der Waals surface area contributed by atoms with E-state index in [1.807, 2.05) is 26.8 Å². The second-order valence-electron chi connectivity index (χ2n) is 2.96. The van der Waals surface area contributed by atoms with Gasteiger partial charge in [0.25, 0.3) is 0 Å². The Morgan fingerprint density at radius 2 is 1.90 bits per heavy atom. The van der Waals surface area contributed by atoms with Crippen LogP contribution in [0.3, 0.4) is 0 Å². The number of hydrogen-bond acceptors (Lipinski definition) is 2. The molecular formula is C8H9NO. The van der Waals surface area contributed by atoms with Gasteiger partial charge >= 0.3 is 0 Å². The molecule has 0 N–H and O–H groups in total. The maximum atomic E-state index is 9.81. The highest BCUT2D eigenvalue weighted by atomic mass is 16.1. The fourth-order valence-corrected chi connectivity index (χ4v) is 0.434. The van der Waals surface area contributed by atoms with Gasteiger partial charge in [0.15, 0.2) is 5.94 Å². The molecule has 0 unspecified atom stereocenters. The van der Waals surface area contributed by atoms with Crippen molar-refractivity contribution < 1.29 is 4.79 Å². The molecule has 0 fully saturated rings. The van der Waals surface area contributed by atoms with Crippen molar-refractivity contribution in [2.24, 2.45) is 5.41 Å². The van der Waals surface area contributed by atoms with Crippen molar-refractivity contribution in [2.45, 2.75) is 20.8 Å². The van der Waals surface area contributed by atoms with Gasteiger partial charge in [-0.15, -0.1) is 0 Å². The molecule has 52 valence electrons. The Labute approximate surface area is 60.5 Å². The molecule has 0 bridgehead atoms. The molecule has 0 aliphatic carbocycles. The smallest absolute Gasteiger partial charge is 0.178 e. The molecule has 0 aliphatic rings. The van der Waals surface area contributed by atoms with E-state index in [0.29, 0.717) is 5.57 Å². The monoisotopic (exact) mass is 135 g/mol. The molecule has 2 nitrogen and oxygen atoms in total. The Kier molecular flexibility index (Phi) is 2.65. The number of nitrogens with zero attached hydrogens (tertiary/aromatic N) is 1. The lowest BCUT2D eigenvalue weighted by atomic mass is 9.88. The molecule has 0 rings (SSSR count). The lowest BCUT2D eigenvalue weighted by molar-refractivity contribution is 0.520. The molecule has 0 heterocycles. The summed E-state index contributed by atoms with van der Waals surface area (Å²) in [6.45, 7) is 5.53. The highest BCUT2D eigenvalue weighted by Crippen LogP contribution is 2.22. The number of carbonyl (C=O) groups excluding carboxylic acids is 1. The van der Waals surface area contributed by atoms with Crippen molar-refractivity contribution >= 4 is 5.94 Å². The minimum Gasteiger partial charge on any atom is -0.224 e. The van der Waals surface area contributed by atoms with Crippen LogP contribution in [0.5, 0.6) is 0 Å². The number of hydrogen-bond donors (Lipinski definition) is 0. The summed E-state index contributed by atoms with van der Waals surface area (Å²) < 4.78 is 0. The largest absolute Gasteiger partial charge is 0.224 e. The van der Waals surface area contributed by atoms with Crippen molar-refractivity contribution in [3.8, 4) is 6.07 Å². The van der Waals surface area contributed by atoms with Crippen LogP contribution in [-0.2, 0) is 4.79 Å². The second kappa shape index (κ2) is 3.03. The van der Waals surface area contributed by atoms with E-state index in [9.17, 15) is 4.79 Å². The molecule has 0 saturated heterocycles. The molecule has 10 heavy (non-hydrogen) atoms. The second-order valence-corrected chi connectivity index (χ2v) is 2.96. The zero-order chi connectivity index (χ0) is 8.20. The average molecular weight is 135 g/mol. The van der Waals surface area contributed by atoms with E-state index in [4.69, 9.17) is 5.26 Å². The Balaban J connectivity index is 4.96. The van der Waals surface area contributed by atoms with Crippen LogP contribution in [0.4, 0.5) is 0 Å². The first-order valence-corrected chi connectivity index (χ1v) is 2.93. The van der Waals surface area contributed by atoms with Crippen LogP contribution < -0.4 is 0 Å². The molecule has 2 heteroatoms. The summed E-state index contributed by atoms with van der Waals surface area (Å²) >= 11 is 0. The molecule has 0 atom stereocenters. The summed E-state index contributed by atoms with van der Waals surface area (Å²) in [7, 11) is 0. The molecule has 0 amide bonds. The number of allylic oxidation sites excluding steroid dienone is 1. The van der Waals surface area contributed by atoms with Gasteiger partial charge in [0.05, 0.1) is 5.57 Å². The first-order valence-electron chi connectivity index (χ1n) is 2.93. The molecular weight excluding hydrogens is 126 g/mol. The quantitative estimate of drug-likeness (QED) is 0.286. The molecule has 0 aliphatic heterocycles. The fourth-order valence-electron chi connectivity index (χ4n) is 0.434. The fraction of sp³-hybridized carbons (Fsp3) is 0.500. The summed E-state index contributed by atoms with van der Waals surface area (Å²) in [5, 5.41) is 8.46. The van der Waals surface area contributed by atoms with Crippen LogP contribution in [0.25, 0.3) is 0 Å². The lowest BCUT2D eigenvalue weighted by Gasteiger charge is -2.13. The van der Waals surface area contributed by atoms with E-state index >= 15 is 0 Å². The topological polar surface area (TPSA) is 40.9 Å². The van der Waals surface area contributed by atoms with Gasteiger partial charge in [0.2, 0.25) is 0 Å². The number of rotatable bonds is 0. The van der Waals surface area contributed by atoms with Gasteiger partial charge in [-0.2, -0.15) is 5.26 Å². The van der Waals surface area contributed by atoms with Gasteiger partial charge in [-0.05, 0) is 5.73 Å². The maximum Gasteiger partial charge on any atom is 0.178 e. The Bertz CT molecular complexity index is 239. The van der Waals surface area contributed by atoms with Crippen molar-refractivity contribution in [3.05, 3.63) is 11.3 Å². The van der Waals surface area contributed by atoms with E-state index in [0.717, 1.165) is 0 Å². The predicted octanol–water partition coefficient (Wildman–Crippen LogP) is 1.47. The average Bonchev–Trinajstić information content (AvgIpc) is 1.80. The van der Waals surface area contributed by atoms with Crippen LogP contribution in [0, 0.1) is 16.7 Å². The predicted molar refractivity (Wildman–Crippen MR) is 37.8 cm³/mol. The van der Waals surface area contributed by atoms with Gasteiger partial charge in [-0.1, -0.05) is 20.8 Å². The van der Waals surface area contributed by atoms with Crippen LogP contribution in [0.15, 0.2) is 11.3 Å². The van der Waals surface area contributed by atoms with Crippen molar-refractivity contribution in [1.29, 1.82) is 5.26 Å². The Morgan fingerprint density at radius 1 is 1.40 bits per heavy atom. The zero-order valence-electron chi connectivity index (χ0n) is 6.36. The van der Waals surface area contributed by atoms with E-state index in [-0.39, 0.29) is 5.41 Å². The van der Waals surface area contributed by atoms with Crippen LogP contribution in [-0.4, -0.2) is 5.94 Å². The third kappa shape index (κ3) is 2.33. The van der Waals surface area contributed by atoms with Crippen molar-refractivity contribution in [2.75, 3.05) is 0 Å². The Hall–Kier alpha value is -1.28. The minimum atomic E-state index is -0.299. The van der Waals surface area contributed by atoms with Crippen molar-refractivity contribution in [3.63, 3.8) is 0 Å². The molecule has 0 spiro atoms. The summed E-state index contributed by atoms with van der Waals surface area (Å²) in [6.07, 6.45) is 0. The molecule has 0 aromatic carbocycles. The summed E-state index contributed by atoms with van der Waals surface area (Å²) in [4.78, 5) is 9.81. The van der Waals surface area contributed by atoms with E-state index in [1.54, 1.807) is 0 Å². The Morgan fingerprint density at radius 3 is 2.00 bits per heavy atom. The van der Waals surface area contributed by atoms with Gasteiger partial charge in [0, 0.05) is 5.41 Å². The summed E-state index contributed by atoms with van der Waals surface area (Å²) in [5.41, 5.74) is 2.26. The molecule has 0 radical (unpaired) electrons. The standard InChI is InChI=1S/C8H9NO/c1-8(2,3)7(6-9)4-5-10/h1-3H3. The van der Waals surface area contributed by atoms with Gasteiger partial charge < -0.3 is 0 Å². The summed E-state index contributed by atoms with van der Waals surface area (Å²) in [5.74, 6) is 1.47. The van der Waals surface area contributed by atoms with E-state index < -0.39 is 0 Å².